The van der Waals surface area contributed by atoms with Crippen LogP contribution in [0.3, 0.4) is 0 Å². The van der Waals surface area contributed by atoms with E-state index >= 15 is 0 Å². The molecule has 0 bridgehead atoms. The van der Waals surface area contributed by atoms with Gasteiger partial charge in [-0.05, 0) is 20.8 Å². The van der Waals surface area contributed by atoms with Crippen molar-refractivity contribution in [1.29, 1.82) is 0 Å². The summed E-state index contributed by atoms with van der Waals surface area (Å²) in [6, 6.07) is 0. The Morgan fingerprint density at radius 2 is 2.21 bits per heavy atom. The zero-order chi connectivity index (χ0) is 17.6. The normalized spacial score (nSPS) is 24.7. The number of anilines is 1. The van der Waals surface area contributed by atoms with Crippen LogP contribution in [0.1, 0.15) is 33.4 Å². The van der Waals surface area contributed by atoms with Crippen molar-refractivity contribution in [3.8, 4) is 0 Å². The van der Waals surface area contributed by atoms with E-state index in [9.17, 15) is 20.2 Å². The Labute approximate surface area is 137 Å². The van der Waals surface area contributed by atoms with Crippen LogP contribution in [0.15, 0.2) is 11.1 Å². The lowest BCUT2D eigenvalue weighted by Gasteiger charge is -2.29. The maximum atomic E-state index is 12.2. The summed E-state index contributed by atoms with van der Waals surface area (Å²) < 4.78 is 7.09. The van der Waals surface area contributed by atoms with Crippen LogP contribution in [0, 0.1) is 0 Å². The van der Waals surface area contributed by atoms with Crippen LogP contribution in [0.4, 0.5) is 5.95 Å². The molecule has 3 atom stereocenters. The van der Waals surface area contributed by atoms with Crippen LogP contribution in [0.25, 0.3) is 11.2 Å². The van der Waals surface area contributed by atoms with Crippen LogP contribution in [0.2, 0.25) is 0 Å². The molecule has 1 fully saturated rings. The lowest BCUT2D eigenvalue weighted by Crippen LogP contribution is -2.40. The molecule has 2 aromatic rings. The summed E-state index contributed by atoms with van der Waals surface area (Å²) in [6.07, 6.45) is -0.485. The van der Waals surface area contributed by atoms with Gasteiger partial charge in [-0.25, -0.2) is 10.0 Å². The highest BCUT2D eigenvalue weighted by Crippen LogP contribution is 2.30. The van der Waals surface area contributed by atoms with Crippen molar-refractivity contribution in [3.63, 3.8) is 0 Å². The molecular formula is C14H21N5O5. The number of hydroxylamine groups is 1. The van der Waals surface area contributed by atoms with Gasteiger partial charge in [-0.1, -0.05) is 0 Å². The molecule has 0 aromatic carbocycles. The van der Waals surface area contributed by atoms with Gasteiger partial charge >= 0.3 is 0 Å². The lowest BCUT2D eigenvalue weighted by atomic mass is 10.1. The molecule has 0 spiro atoms. The fourth-order valence-corrected chi connectivity index (χ4v) is 2.59. The third kappa shape index (κ3) is 2.77. The molecule has 10 nitrogen and oxygen atoms in total. The van der Waals surface area contributed by atoms with E-state index < -0.39 is 29.5 Å². The monoisotopic (exact) mass is 339 g/mol. The molecule has 3 heterocycles. The first kappa shape index (κ1) is 16.8. The third-order valence-corrected chi connectivity index (χ3v) is 3.95. The predicted molar refractivity (Wildman–Crippen MR) is 83.8 cm³/mol. The number of hydrogen-bond donors (Lipinski definition) is 4. The number of imidazole rings is 1. The van der Waals surface area contributed by atoms with Crippen LogP contribution < -0.4 is 10.6 Å². The molecule has 0 saturated carbocycles. The predicted octanol–water partition coefficient (Wildman–Crippen LogP) is -0.246. The molecule has 0 unspecified atom stereocenters. The number of ether oxygens (including phenoxy) is 1. The number of nitrogens with zero attached hydrogens (tertiary/aromatic N) is 4. The zero-order valence-corrected chi connectivity index (χ0v) is 13.7. The van der Waals surface area contributed by atoms with E-state index in [1.807, 2.05) is 0 Å². The van der Waals surface area contributed by atoms with Gasteiger partial charge in [0.25, 0.3) is 5.56 Å². The minimum Gasteiger partial charge on any atom is -0.394 e. The van der Waals surface area contributed by atoms with Crippen molar-refractivity contribution >= 4 is 17.1 Å². The van der Waals surface area contributed by atoms with Gasteiger partial charge in [-0.3, -0.25) is 19.6 Å². The van der Waals surface area contributed by atoms with E-state index in [2.05, 4.69) is 15.0 Å². The van der Waals surface area contributed by atoms with Crippen LogP contribution in [-0.2, 0) is 4.74 Å². The number of hydrogen-bond acceptors (Lipinski definition) is 8. The number of fused-ring (bicyclic) bond motifs is 1. The van der Waals surface area contributed by atoms with Crippen molar-refractivity contribution in [2.75, 3.05) is 11.7 Å². The molecule has 1 aliphatic heterocycles. The largest absolute Gasteiger partial charge is 0.394 e. The maximum absolute atomic E-state index is 12.2. The lowest BCUT2D eigenvalue weighted by molar-refractivity contribution is -0.0432. The van der Waals surface area contributed by atoms with Gasteiger partial charge in [0.05, 0.1) is 24.6 Å². The molecule has 10 heteroatoms. The van der Waals surface area contributed by atoms with Gasteiger partial charge in [0.1, 0.15) is 12.3 Å². The number of H-pyrrole nitrogens is 1. The van der Waals surface area contributed by atoms with Crippen molar-refractivity contribution in [2.24, 2.45) is 0 Å². The molecule has 4 N–H and O–H groups in total. The number of aromatic amines is 1. The molecule has 2 aromatic heterocycles. The van der Waals surface area contributed by atoms with Gasteiger partial charge in [0, 0.05) is 6.42 Å². The SMILES string of the molecule is CC(C)(C)N(O)c1nc2c(ncn2[C@H]2C[C@H](O)[C@@H](CO)O2)c(=O)[nH]1. The van der Waals surface area contributed by atoms with Gasteiger partial charge in [0.15, 0.2) is 11.2 Å². The van der Waals surface area contributed by atoms with Crippen LogP contribution in [-0.4, -0.2) is 59.3 Å². The quantitative estimate of drug-likeness (QED) is 0.562. The minimum atomic E-state index is -0.817. The molecule has 1 saturated heterocycles. The van der Waals surface area contributed by atoms with Crippen molar-refractivity contribution in [2.45, 2.75) is 51.2 Å². The molecule has 0 aliphatic carbocycles. The highest BCUT2D eigenvalue weighted by molar-refractivity contribution is 5.71. The highest BCUT2D eigenvalue weighted by Gasteiger charge is 2.35. The molecule has 24 heavy (non-hydrogen) atoms. The summed E-state index contributed by atoms with van der Waals surface area (Å²) in [7, 11) is 0. The summed E-state index contributed by atoms with van der Waals surface area (Å²) in [5.74, 6) is -0.0148. The smallest absolute Gasteiger partial charge is 0.280 e. The molecule has 1 aliphatic rings. The Hall–Kier alpha value is -2.01. The first-order valence-corrected chi connectivity index (χ1v) is 7.62. The van der Waals surface area contributed by atoms with Crippen LogP contribution in [0.5, 0.6) is 0 Å². The summed E-state index contributed by atoms with van der Waals surface area (Å²) in [5, 5.41) is 30.2. The molecule has 0 radical (unpaired) electrons. The molecule has 3 rings (SSSR count). The van der Waals surface area contributed by atoms with E-state index in [4.69, 9.17) is 4.74 Å². The van der Waals surface area contributed by atoms with E-state index in [1.165, 1.54) is 10.9 Å². The van der Waals surface area contributed by atoms with Crippen LogP contribution >= 0.6 is 0 Å². The molecule has 0 amide bonds. The summed E-state index contributed by atoms with van der Waals surface area (Å²) in [6.45, 7) is 4.97. The first-order valence-electron chi connectivity index (χ1n) is 7.62. The zero-order valence-electron chi connectivity index (χ0n) is 13.7. The number of aromatic nitrogens is 4. The standard InChI is InChI=1S/C14H21N5O5/c1-14(2,3)19(23)13-16-11-10(12(22)17-13)15-6-18(11)9-4-7(21)8(5-20)24-9/h6-9,20-21,23H,4-5H2,1-3H3,(H,16,17,22)/t7-,8+,9+/m0/s1. The summed E-state index contributed by atoms with van der Waals surface area (Å²) >= 11 is 0. The van der Waals surface area contributed by atoms with Gasteiger partial charge in [0.2, 0.25) is 5.95 Å². The Balaban J connectivity index is 2.05. The second-order valence-electron chi connectivity index (χ2n) is 6.81. The Kier molecular flexibility index (Phi) is 4.08. The highest BCUT2D eigenvalue weighted by atomic mass is 16.5. The van der Waals surface area contributed by atoms with Crippen molar-refractivity contribution in [3.05, 3.63) is 16.7 Å². The number of aliphatic hydroxyl groups is 2. The Morgan fingerprint density at radius 3 is 2.79 bits per heavy atom. The van der Waals surface area contributed by atoms with Crippen molar-refractivity contribution in [1.82, 2.24) is 19.5 Å². The van der Waals surface area contributed by atoms with Crippen molar-refractivity contribution < 1.29 is 20.2 Å². The third-order valence-electron chi connectivity index (χ3n) is 3.95. The molecular weight excluding hydrogens is 318 g/mol. The minimum absolute atomic E-state index is 0.0148. The van der Waals surface area contributed by atoms with Gasteiger partial charge in [-0.2, -0.15) is 4.98 Å². The fraction of sp³-hybridized carbons (Fsp3) is 0.643. The maximum Gasteiger partial charge on any atom is 0.280 e. The van der Waals surface area contributed by atoms with Gasteiger partial charge < -0.3 is 14.9 Å². The average Bonchev–Trinajstić information content (AvgIpc) is 3.08. The second-order valence-corrected chi connectivity index (χ2v) is 6.81. The van der Waals surface area contributed by atoms with E-state index in [1.54, 1.807) is 20.8 Å². The Morgan fingerprint density at radius 1 is 1.50 bits per heavy atom. The topological polar surface area (TPSA) is 137 Å². The summed E-state index contributed by atoms with van der Waals surface area (Å²) in [4.78, 5) is 23.0. The second kappa shape index (κ2) is 5.81. The van der Waals surface area contributed by atoms with E-state index in [0.717, 1.165) is 5.06 Å². The van der Waals surface area contributed by atoms with E-state index in [0.29, 0.717) is 0 Å². The average molecular weight is 339 g/mol. The summed E-state index contributed by atoms with van der Waals surface area (Å²) in [5.41, 5.74) is -0.829. The Bertz CT molecular complexity index is 795. The van der Waals surface area contributed by atoms with Gasteiger partial charge in [-0.15, -0.1) is 0 Å². The number of aliphatic hydroxyl groups excluding tert-OH is 2. The fourth-order valence-electron chi connectivity index (χ4n) is 2.59. The molecule has 132 valence electrons. The van der Waals surface area contributed by atoms with E-state index in [-0.39, 0.29) is 30.1 Å². The first-order chi connectivity index (χ1) is 11.2. The number of nitrogens with one attached hydrogen (secondary N) is 1. The number of rotatable bonds is 3.